The third kappa shape index (κ3) is 1.80. The number of ether oxygens (including phenoxy) is 1. The average Bonchev–Trinajstić information content (AvgIpc) is 2.02. The molecular weight excluding hydrogens is 224 g/mol. The van der Waals surface area contributed by atoms with Crippen molar-refractivity contribution in [3.63, 3.8) is 0 Å². The molecule has 3 fully saturated rings. The molecule has 0 radical (unpaired) electrons. The number of likely N-dealkylation sites (tertiary alicyclic amines) is 1. The first-order valence-electron chi connectivity index (χ1n) is 6.53. The van der Waals surface area contributed by atoms with Crippen molar-refractivity contribution in [1.82, 2.24) is 4.90 Å². The van der Waals surface area contributed by atoms with E-state index in [9.17, 15) is 8.78 Å². The van der Waals surface area contributed by atoms with E-state index in [0.717, 1.165) is 32.8 Å². The highest BCUT2D eigenvalue weighted by atomic mass is 19.3. The predicted octanol–water partition coefficient (Wildman–Crippen LogP) is 2.39. The summed E-state index contributed by atoms with van der Waals surface area (Å²) in [6, 6.07) is 0. The largest absolute Gasteiger partial charge is 0.380 e. The van der Waals surface area contributed by atoms with Crippen LogP contribution in [0.5, 0.6) is 0 Å². The van der Waals surface area contributed by atoms with E-state index in [1.54, 1.807) is 0 Å². The zero-order valence-electron chi connectivity index (χ0n) is 10.6. The molecule has 0 aromatic heterocycles. The zero-order valence-corrected chi connectivity index (χ0v) is 10.6. The predicted molar refractivity (Wildman–Crippen MR) is 61.1 cm³/mol. The Morgan fingerprint density at radius 1 is 1.18 bits per heavy atom. The smallest absolute Gasteiger partial charge is 0.249 e. The van der Waals surface area contributed by atoms with Crippen LogP contribution in [0.15, 0.2) is 0 Å². The monoisotopic (exact) mass is 245 g/mol. The first-order valence-corrected chi connectivity index (χ1v) is 6.53. The van der Waals surface area contributed by atoms with E-state index < -0.39 is 5.92 Å². The number of nitrogens with zero attached hydrogens (tertiary/aromatic N) is 1. The van der Waals surface area contributed by atoms with Crippen LogP contribution in [0.25, 0.3) is 0 Å². The summed E-state index contributed by atoms with van der Waals surface area (Å²) < 4.78 is 31.5. The summed E-state index contributed by atoms with van der Waals surface area (Å²) in [6.07, 6.45) is 0.162. The van der Waals surface area contributed by atoms with Crippen molar-refractivity contribution in [2.75, 3.05) is 32.8 Å². The van der Waals surface area contributed by atoms with Crippen LogP contribution in [-0.4, -0.2) is 43.7 Å². The molecule has 0 N–H and O–H groups in total. The lowest BCUT2D eigenvalue weighted by Gasteiger charge is -2.60. The van der Waals surface area contributed by atoms with E-state index in [0.29, 0.717) is 11.3 Å². The van der Waals surface area contributed by atoms with Crippen LogP contribution in [0, 0.1) is 16.7 Å². The molecule has 3 rings (SSSR count). The van der Waals surface area contributed by atoms with E-state index in [4.69, 9.17) is 4.74 Å². The summed E-state index contributed by atoms with van der Waals surface area (Å²) in [7, 11) is 0. The Labute approximate surface area is 101 Å². The molecule has 1 aliphatic carbocycles. The first-order chi connectivity index (χ1) is 7.85. The first kappa shape index (κ1) is 11.8. The van der Waals surface area contributed by atoms with Gasteiger partial charge in [-0.1, -0.05) is 13.8 Å². The fourth-order valence-electron chi connectivity index (χ4n) is 3.71. The van der Waals surface area contributed by atoms with Crippen molar-refractivity contribution in [2.45, 2.75) is 32.6 Å². The molecule has 17 heavy (non-hydrogen) atoms. The zero-order chi connectivity index (χ0) is 12.3. The number of halogens is 2. The molecule has 1 spiro atoms. The van der Waals surface area contributed by atoms with Gasteiger partial charge in [0.2, 0.25) is 5.92 Å². The molecule has 0 atom stereocenters. The topological polar surface area (TPSA) is 12.5 Å². The maximum Gasteiger partial charge on any atom is 0.249 e. The van der Waals surface area contributed by atoms with Gasteiger partial charge in [0.25, 0.3) is 0 Å². The molecule has 4 heteroatoms. The Morgan fingerprint density at radius 2 is 1.76 bits per heavy atom. The minimum Gasteiger partial charge on any atom is -0.380 e. The van der Waals surface area contributed by atoms with E-state index in [2.05, 4.69) is 18.7 Å². The minimum absolute atomic E-state index is 0.0810. The van der Waals surface area contributed by atoms with Gasteiger partial charge in [-0.25, -0.2) is 8.78 Å². The van der Waals surface area contributed by atoms with Crippen LogP contribution < -0.4 is 0 Å². The van der Waals surface area contributed by atoms with Crippen molar-refractivity contribution < 1.29 is 13.5 Å². The Hall–Kier alpha value is -0.220. The SMILES string of the molecule is CC(C)C1(CN2CC3(COC3)C2)CC(F)(F)C1. The lowest BCUT2D eigenvalue weighted by molar-refractivity contribution is -0.226. The molecule has 0 amide bonds. The molecule has 3 aliphatic rings. The van der Waals surface area contributed by atoms with E-state index in [1.165, 1.54) is 0 Å². The number of alkyl halides is 2. The van der Waals surface area contributed by atoms with Crippen molar-refractivity contribution >= 4 is 0 Å². The number of rotatable bonds is 3. The Bertz CT molecular complexity index is 309. The second kappa shape index (κ2) is 3.41. The molecule has 2 aliphatic heterocycles. The summed E-state index contributed by atoms with van der Waals surface area (Å²) in [5, 5.41) is 0. The maximum absolute atomic E-state index is 13.2. The van der Waals surface area contributed by atoms with Gasteiger partial charge in [0.15, 0.2) is 0 Å². The Kier molecular flexibility index (Phi) is 2.38. The van der Waals surface area contributed by atoms with Crippen molar-refractivity contribution in [2.24, 2.45) is 16.7 Å². The van der Waals surface area contributed by atoms with Gasteiger partial charge in [-0.05, 0) is 11.3 Å². The molecule has 0 aromatic rings. The van der Waals surface area contributed by atoms with Gasteiger partial charge in [-0.2, -0.15) is 0 Å². The molecule has 0 bridgehead atoms. The molecule has 98 valence electrons. The number of hydrogen-bond donors (Lipinski definition) is 0. The van der Waals surface area contributed by atoms with Gasteiger partial charge in [0, 0.05) is 37.9 Å². The molecule has 2 nitrogen and oxygen atoms in total. The highest BCUT2D eigenvalue weighted by Gasteiger charge is 2.60. The maximum atomic E-state index is 13.2. The summed E-state index contributed by atoms with van der Waals surface area (Å²) >= 11 is 0. The summed E-state index contributed by atoms with van der Waals surface area (Å²) in [5.74, 6) is -2.07. The van der Waals surface area contributed by atoms with E-state index >= 15 is 0 Å². The molecule has 0 aromatic carbocycles. The van der Waals surface area contributed by atoms with Gasteiger partial charge in [0.1, 0.15) is 0 Å². The van der Waals surface area contributed by atoms with Gasteiger partial charge >= 0.3 is 0 Å². The fourth-order valence-corrected chi connectivity index (χ4v) is 3.71. The highest BCUT2D eigenvalue weighted by molar-refractivity contribution is 5.06. The second-order valence-electron chi connectivity index (χ2n) is 6.86. The summed E-state index contributed by atoms with van der Waals surface area (Å²) in [6.45, 7) is 8.85. The van der Waals surface area contributed by atoms with Crippen LogP contribution in [0.1, 0.15) is 26.7 Å². The summed E-state index contributed by atoms with van der Waals surface area (Å²) in [5.41, 5.74) is 0.250. The standard InChI is InChI=1S/C13H21F2NO/c1-10(2)12(3-13(14,15)4-12)7-16-5-11(6-16)8-17-9-11/h10H,3-9H2,1-2H3. The lowest BCUT2D eigenvalue weighted by Crippen LogP contribution is -2.69. The van der Waals surface area contributed by atoms with E-state index in [1.807, 2.05) is 0 Å². The van der Waals surface area contributed by atoms with E-state index in [-0.39, 0.29) is 18.3 Å². The molecule has 1 saturated carbocycles. The quantitative estimate of drug-likeness (QED) is 0.757. The lowest BCUT2D eigenvalue weighted by atomic mass is 9.59. The Morgan fingerprint density at radius 3 is 2.12 bits per heavy atom. The Balaban J connectivity index is 1.56. The van der Waals surface area contributed by atoms with Crippen LogP contribution >= 0.6 is 0 Å². The van der Waals surface area contributed by atoms with Gasteiger partial charge < -0.3 is 9.64 Å². The van der Waals surface area contributed by atoms with Gasteiger partial charge in [-0.15, -0.1) is 0 Å². The third-order valence-electron chi connectivity index (χ3n) is 4.92. The van der Waals surface area contributed by atoms with Crippen LogP contribution in [0.2, 0.25) is 0 Å². The molecule has 2 saturated heterocycles. The van der Waals surface area contributed by atoms with Crippen LogP contribution in [0.3, 0.4) is 0 Å². The van der Waals surface area contributed by atoms with Crippen LogP contribution in [0.4, 0.5) is 8.78 Å². The highest BCUT2D eigenvalue weighted by Crippen LogP contribution is 2.57. The van der Waals surface area contributed by atoms with Crippen molar-refractivity contribution in [1.29, 1.82) is 0 Å². The third-order valence-corrected chi connectivity index (χ3v) is 4.92. The minimum atomic E-state index is -2.41. The van der Waals surface area contributed by atoms with Crippen molar-refractivity contribution in [3.8, 4) is 0 Å². The average molecular weight is 245 g/mol. The molecular formula is C13H21F2NO. The number of hydrogen-bond acceptors (Lipinski definition) is 2. The van der Waals surface area contributed by atoms with Gasteiger partial charge in [0.05, 0.1) is 13.2 Å². The molecule has 0 unspecified atom stereocenters. The van der Waals surface area contributed by atoms with Crippen molar-refractivity contribution in [3.05, 3.63) is 0 Å². The second-order valence-corrected chi connectivity index (χ2v) is 6.86. The summed E-state index contributed by atoms with van der Waals surface area (Å²) in [4.78, 5) is 2.35. The normalized spacial score (nSPS) is 33.0. The van der Waals surface area contributed by atoms with Crippen LogP contribution in [-0.2, 0) is 4.74 Å². The van der Waals surface area contributed by atoms with Gasteiger partial charge in [-0.3, -0.25) is 0 Å². The molecule has 2 heterocycles. The fraction of sp³-hybridized carbons (Fsp3) is 1.00.